The van der Waals surface area contributed by atoms with E-state index in [0.29, 0.717) is 6.07 Å². The SMILES string of the molecule is CC(=O)NC(CO)C(=O)N[C@@H]1CC(C=O)[C@]2(S(=O)(=O)c3ccc(F)cc3)c3ccc(C(F)(C(F)(F)F)C(F)(F)F)cc3CC[C@@H]12. The Morgan fingerprint density at radius 1 is 1.04 bits per heavy atom. The number of hydrogen-bond donors (Lipinski definition) is 3. The van der Waals surface area contributed by atoms with Gasteiger partial charge in [0.2, 0.25) is 11.8 Å². The maximum atomic E-state index is 15.0. The Hall–Kier alpha value is -3.60. The quantitative estimate of drug-likeness (QED) is 0.224. The molecule has 17 heteroatoms. The zero-order valence-corrected chi connectivity index (χ0v) is 24.0. The molecule has 2 aliphatic carbocycles. The molecule has 2 aliphatic rings. The van der Waals surface area contributed by atoms with Gasteiger partial charge in [0.25, 0.3) is 0 Å². The van der Waals surface area contributed by atoms with Crippen molar-refractivity contribution in [3.63, 3.8) is 0 Å². The first-order chi connectivity index (χ1) is 20.8. The van der Waals surface area contributed by atoms with Crippen molar-refractivity contribution in [3.05, 3.63) is 65.0 Å². The summed E-state index contributed by atoms with van der Waals surface area (Å²) in [5.41, 5.74) is -8.45. The van der Waals surface area contributed by atoms with Crippen LogP contribution in [-0.2, 0) is 41.1 Å². The van der Waals surface area contributed by atoms with E-state index in [9.17, 15) is 63.0 Å². The molecule has 2 aromatic carbocycles. The van der Waals surface area contributed by atoms with Crippen molar-refractivity contribution in [2.24, 2.45) is 11.8 Å². The Balaban J connectivity index is 1.96. The fourth-order valence-corrected chi connectivity index (χ4v) is 9.19. The standard InChI is InChI=1S/C28H26F8N2O6S/c1-14(41)37-23(13-40)24(42)38-22-11-17(12-39)25(45(43,44)19-6-4-18(29)5-7-19)20-9-3-16(10-15(20)2-8-21(22)25)26(30,27(31,32)33)28(34,35)36/h3-7,9-10,12,17,21-23,40H,2,8,11,13H2,1H3,(H,37,41)(H,38,42)/t17?,21-,22+,23?,25-/m0/s1. The van der Waals surface area contributed by atoms with Crippen molar-refractivity contribution < 1.29 is 63.0 Å². The van der Waals surface area contributed by atoms with Crippen molar-refractivity contribution in [3.8, 4) is 0 Å². The van der Waals surface area contributed by atoms with E-state index in [1.807, 2.05) is 0 Å². The third kappa shape index (κ3) is 5.36. The topological polar surface area (TPSA) is 130 Å². The van der Waals surface area contributed by atoms with E-state index in [4.69, 9.17) is 0 Å². The molecular formula is C28H26F8N2O6S. The van der Waals surface area contributed by atoms with Gasteiger partial charge in [-0.05, 0) is 54.7 Å². The first-order valence-electron chi connectivity index (χ1n) is 13.4. The molecule has 1 saturated carbocycles. The lowest BCUT2D eigenvalue weighted by atomic mass is 9.71. The minimum Gasteiger partial charge on any atom is -0.394 e. The van der Waals surface area contributed by atoms with Crippen LogP contribution in [0, 0.1) is 17.7 Å². The maximum Gasteiger partial charge on any atom is 0.435 e. The van der Waals surface area contributed by atoms with Gasteiger partial charge < -0.3 is 20.5 Å². The Morgan fingerprint density at radius 3 is 2.16 bits per heavy atom. The highest BCUT2D eigenvalue weighted by Gasteiger charge is 2.74. The predicted molar refractivity (Wildman–Crippen MR) is 139 cm³/mol. The number of aryl methyl sites for hydroxylation is 1. The number of rotatable bonds is 8. The van der Waals surface area contributed by atoms with E-state index >= 15 is 0 Å². The molecule has 246 valence electrons. The predicted octanol–water partition coefficient (Wildman–Crippen LogP) is 3.55. The summed E-state index contributed by atoms with van der Waals surface area (Å²) in [6.07, 6.45) is -13.8. The monoisotopic (exact) mass is 670 g/mol. The molecule has 0 radical (unpaired) electrons. The number of sulfone groups is 1. The normalized spacial score (nSPS) is 24.3. The molecule has 2 unspecified atom stereocenters. The van der Waals surface area contributed by atoms with Gasteiger partial charge in [0.15, 0.2) is 9.84 Å². The number of aldehydes is 1. The van der Waals surface area contributed by atoms with E-state index in [0.717, 1.165) is 31.2 Å². The van der Waals surface area contributed by atoms with Crippen LogP contribution in [0.2, 0.25) is 0 Å². The summed E-state index contributed by atoms with van der Waals surface area (Å²) in [5.74, 6) is -5.31. The number of alkyl halides is 7. The molecule has 1 fully saturated rings. The van der Waals surface area contributed by atoms with E-state index in [1.54, 1.807) is 0 Å². The van der Waals surface area contributed by atoms with Gasteiger partial charge >= 0.3 is 18.0 Å². The van der Waals surface area contributed by atoms with E-state index < -0.39 is 103 Å². The number of hydrogen-bond acceptors (Lipinski definition) is 6. The molecule has 0 saturated heterocycles. The highest BCUT2D eigenvalue weighted by Crippen LogP contribution is 2.60. The van der Waals surface area contributed by atoms with Crippen molar-refractivity contribution in [1.82, 2.24) is 10.6 Å². The van der Waals surface area contributed by atoms with Crippen LogP contribution in [0.25, 0.3) is 0 Å². The maximum absolute atomic E-state index is 15.0. The number of halogens is 8. The lowest BCUT2D eigenvalue weighted by Gasteiger charge is -2.44. The van der Waals surface area contributed by atoms with Gasteiger partial charge in [-0.2, -0.15) is 26.3 Å². The van der Waals surface area contributed by atoms with Crippen molar-refractivity contribution in [2.75, 3.05) is 6.61 Å². The molecule has 8 nitrogen and oxygen atoms in total. The summed E-state index contributed by atoms with van der Waals surface area (Å²) in [6, 6.07) is 1.70. The highest BCUT2D eigenvalue weighted by atomic mass is 32.2. The van der Waals surface area contributed by atoms with E-state index in [1.165, 1.54) is 0 Å². The number of aliphatic hydroxyl groups is 1. The van der Waals surface area contributed by atoms with Gasteiger partial charge in [-0.25, -0.2) is 17.2 Å². The Labute approximate surface area is 251 Å². The molecule has 0 bridgehead atoms. The second-order valence-corrected chi connectivity index (χ2v) is 13.1. The number of benzene rings is 2. The average Bonchev–Trinajstić information content (AvgIpc) is 3.28. The minimum absolute atomic E-state index is 0.163. The molecule has 0 spiro atoms. The second kappa shape index (κ2) is 11.6. The minimum atomic E-state index is -6.44. The second-order valence-electron chi connectivity index (χ2n) is 11.0. The smallest absolute Gasteiger partial charge is 0.394 e. The van der Waals surface area contributed by atoms with E-state index in [2.05, 4.69) is 10.6 Å². The number of amides is 2. The fraction of sp³-hybridized carbons (Fsp3) is 0.464. The van der Waals surface area contributed by atoms with Gasteiger partial charge in [-0.15, -0.1) is 0 Å². The average molecular weight is 671 g/mol. The summed E-state index contributed by atoms with van der Waals surface area (Å²) >= 11 is 0. The summed E-state index contributed by atoms with van der Waals surface area (Å²) in [7, 11) is -4.88. The number of aliphatic hydroxyl groups excluding tert-OH is 1. The van der Waals surface area contributed by atoms with Crippen LogP contribution in [-0.4, -0.2) is 62.7 Å². The Morgan fingerprint density at radius 2 is 1.64 bits per heavy atom. The molecule has 3 N–H and O–H groups in total. The van der Waals surface area contributed by atoms with Crippen LogP contribution in [0.15, 0.2) is 47.4 Å². The van der Waals surface area contributed by atoms with Crippen molar-refractivity contribution in [2.45, 2.75) is 65.9 Å². The van der Waals surface area contributed by atoms with Crippen LogP contribution in [0.3, 0.4) is 0 Å². The van der Waals surface area contributed by atoms with Gasteiger partial charge in [0.1, 0.15) is 22.9 Å². The van der Waals surface area contributed by atoms with E-state index in [-0.39, 0.29) is 36.8 Å². The number of carbonyl (C=O) groups is 3. The molecule has 2 aromatic rings. The molecular weight excluding hydrogens is 644 g/mol. The van der Waals surface area contributed by atoms with Gasteiger partial charge in [-0.1, -0.05) is 18.2 Å². The summed E-state index contributed by atoms with van der Waals surface area (Å²) in [4.78, 5) is 36.5. The lowest BCUT2D eigenvalue weighted by Crippen LogP contribution is -2.55. The summed E-state index contributed by atoms with van der Waals surface area (Å²) in [5, 5.41) is 14.3. The molecule has 45 heavy (non-hydrogen) atoms. The first kappa shape index (κ1) is 34.3. The molecule has 2 amide bonds. The molecule has 4 rings (SSSR count). The first-order valence-corrected chi connectivity index (χ1v) is 14.9. The fourth-order valence-electron chi connectivity index (χ4n) is 6.59. The summed E-state index contributed by atoms with van der Waals surface area (Å²) in [6.45, 7) is 0.193. The lowest BCUT2D eigenvalue weighted by molar-refractivity contribution is -0.348. The Bertz CT molecular complexity index is 1580. The van der Waals surface area contributed by atoms with Crippen molar-refractivity contribution >= 4 is 27.9 Å². The number of fused-ring (bicyclic) bond motifs is 3. The van der Waals surface area contributed by atoms with Gasteiger partial charge in [-0.3, -0.25) is 9.59 Å². The van der Waals surface area contributed by atoms with Crippen LogP contribution in [0.1, 0.15) is 36.5 Å². The number of carbonyl (C=O) groups excluding carboxylic acids is 3. The van der Waals surface area contributed by atoms with Gasteiger partial charge in [0, 0.05) is 30.4 Å². The van der Waals surface area contributed by atoms with Crippen LogP contribution < -0.4 is 10.6 Å². The van der Waals surface area contributed by atoms with Crippen LogP contribution in [0.4, 0.5) is 35.1 Å². The molecule has 0 heterocycles. The van der Waals surface area contributed by atoms with Crippen molar-refractivity contribution in [1.29, 1.82) is 0 Å². The van der Waals surface area contributed by atoms with Gasteiger partial charge in [0.05, 0.1) is 11.5 Å². The third-order valence-electron chi connectivity index (χ3n) is 8.46. The molecule has 5 atom stereocenters. The molecule has 0 aromatic heterocycles. The number of nitrogens with one attached hydrogen (secondary N) is 2. The third-order valence-corrected chi connectivity index (χ3v) is 11.1. The van der Waals surface area contributed by atoms with Crippen LogP contribution in [0.5, 0.6) is 0 Å². The zero-order valence-electron chi connectivity index (χ0n) is 23.2. The largest absolute Gasteiger partial charge is 0.435 e. The Kier molecular flexibility index (Phi) is 8.87. The summed E-state index contributed by atoms with van der Waals surface area (Å²) < 4.78 is 137. The molecule has 0 aliphatic heterocycles. The van der Waals surface area contributed by atoms with Crippen LogP contribution >= 0.6 is 0 Å². The highest BCUT2D eigenvalue weighted by molar-refractivity contribution is 7.92. The zero-order chi connectivity index (χ0) is 33.8.